The van der Waals surface area contributed by atoms with E-state index >= 15 is 0 Å². The smallest absolute Gasteiger partial charge is 0.330 e. The standard InChI is InChI=1S/C12H14ClNO2/c1-2-3-6-16-12(15)5-4-10-7-11(13)9-14-8-10/h4-5,7-9H,2-3,6H2,1H3/b5-4+. The highest BCUT2D eigenvalue weighted by atomic mass is 35.5. The van der Waals surface area contributed by atoms with Gasteiger partial charge in [-0.05, 0) is 24.1 Å². The van der Waals surface area contributed by atoms with Crippen molar-refractivity contribution in [2.75, 3.05) is 6.61 Å². The van der Waals surface area contributed by atoms with Gasteiger partial charge in [-0.3, -0.25) is 4.98 Å². The predicted molar refractivity (Wildman–Crippen MR) is 64.1 cm³/mol. The van der Waals surface area contributed by atoms with Crippen LogP contribution in [0.4, 0.5) is 0 Å². The molecule has 1 aromatic heterocycles. The van der Waals surface area contributed by atoms with Gasteiger partial charge < -0.3 is 4.74 Å². The number of ether oxygens (including phenoxy) is 1. The minimum Gasteiger partial charge on any atom is -0.463 e. The number of esters is 1. The first-order chi connectivity index (χ1) is 7.72. The van der Waals surface area contributed by atoms with Crippen LogP contribution in [0.5, 0.6) is 0 Å². The van der Waals surface area contributed by atoms with Crippen molar-refractivity contribution in [1.82, 2.24) is 4.98 Å². The molecule has 0 aliphatic heterocycles. The Morgan fingerprint density at radius 2 is 2.38 bits per heavy atom. The number of unbranched alkanes of at least 4 members (excludes halogenated alkanes) is 1. The molecule has 0 saturated carbocycles. The van der Waals surface area contributed by atoms with Crippen LogP contribution in [0.1, 0.15) is 25.3 Å². The van der Waals surface area contributed by atoms with Gasteiger partial charge >= 0.3 is 5.97 Å². The van der Waals surface area contributed by atoms with Crippen LogP contribution < -0.4 is 0 Å². The summed E-state index contributed by atoms with van der Waals surface area (Å²) in [5.41, 5.74) is 0.778. The first-order valence-corrected chi connectivity index (χ1v) is 5.55. The van der Waals surface area contributed by atoms with Crippen LogP contribution in [-0.2, 0) is 9.53 Å². The van der Waals surface area contributed by atoms with Gasteiger partial charge in [-0.2, -0.15) is 0 Å². The van der Waals surface area contributed by atoms with Crippen molar-refractivity contribution in [2.24, 2.45) is 0 Å². The lowest BCUT2D eigenvalue weighted by Crippen LogP contribution is -2.01. The number of carbonyl (C=O) groups excluding carboxylic acids is 1. The van der Waals surface area contributed by atoms with E-state index in [1.54, 1.807) is 24.5 Å². The second-order valence-corrected chi connectivity index (χ2v) is 3.73. The highest BCUT2D eigenvalue weighted by Crippen LogP contribution is 2.09. The zero-order valence-corrected chi connectivity index (χ0v) is 9.91. The Morgan fingerprint density at radius 3 is 3.06 bits per heavy atom. The van der Waals surface area contributed by atoms with E-state index in [1.165, 1.54) is 6.08 Å². The van der Waals surface area contributed by atoms with Crippen LogP contribution in [0.25, 0.3) is 6.08 Å². The number of hydrogen-bond donors (Lipinski definition) is 0. The van der Waals surface area contributed by atoms with E-state index in [0.29, 0.717) is 11.6 Å². The van der Waals surface area contributed by atoms with E-state index < -0.39 is 0 Å². The van der Waals surface area contributed by atoms with Gasteiger partial charge in [0.2, 0.25) is 0 Å². The van der Waals surface area contributed by atoms with Crippen LogP contribution in [0, 0.1) is 0 Å². The van der Waals surface area contributed by atoms with Crippen molar-refractivity contribution < 1.29 is 9.53 Å². The molecule has 0 fully saturated rings. The molecule has 0 aliphatic rings. The van der Waals surface area contributed by atoms with Crippen molar-refractivity contribution in [3.63, 3.8) is 0 Å². The Balaban J connectivity index is 2.44. The summed E-state index contributed by atoms with van der Waals surface area (Å²) in [7, 11) is 0. The Morgan fingerprint density at radius 1 is 1.56 bits per heavy atom. The number of halogens is 1. The van der Waals surface area contributed by atoms with Gasteiger partial charge in [-0.15, -0.1) is 0 Å². The molecule has 0 bridgehead atoms. The summed E-state index contributed by atoms with van der Waals surface area (Å²) < 4.78 is 4.96. The van der Waals surface area contributed by atoms with Gasteiger partial charge in [-0.1, -0.05) is 24.9 Å². The summed E-state index contributed by atoms with van der Waals surface area (Å²) in [5, 5.41) is 0.543. The summed E-state index contributed by atoms with van der Waals surface area (Å²) in [6.45, 7) is 2.51. The average molecular weight is 240 g/mol. The third-order valence-corrected chi connectivity index (χ3v) is 2.09. The van der Waals surface area contributed by atoms with Crippen molar-refractivity contribution in [1.29, 1.82) is 0 Å². The summed E-state index contributed by atoms with van der Waals surface area (Å²) in [6, 6.07) is 1.73. The molecule has 86 valence electrons. The van der Waals surface area contributed by atoms with E-state index in [0.717, 1.165) is 18.4 Å². The van der Waals surface area contributed by atoms with Crippen molar-refractivity contribution >= 4 is 23.6 Å². The number of hydrogen-bond acceptors (Lipinski definition) is 3. The van der Waals surface area contributed by atoms with Crippen LogP contribution >= 0.6 is 11.6 Å². The summed E-state index contributed by atoms with van der Waals surface area (Å²) in [5.74, 6) is -0.339. The zero-order chi connectivity index (χ0) is 11.8. The van der Waals surface area contributed by atoms with E-state index in [1.807, 2.05) is 6.92 Å². The molecule has 1 rings (SSSR count). The van der Waals surface area contributed by atoms with Gasteiger partial charge in [-0.25, -0.2) is 4.79 Å². The lowest BCUT2D eigenvalue weighted by molar-refractivity contribution is -0.137. The largest absolute Gasteiger partial charge is 0.463 e. The maximum absolute atomic E-state index is 11.2. The predicted octanol–water partition coefficient (Wildman–Crippen LogP) is 3.09. The quantitative estimate of drug-likeness (QED) is 0.450. The Bertz CT molecular complexity index is 377. The fourth-order valence-electron chi connectivity index (χ4n) is 1.05. The minimum absolute atomic E-state index is 0.339. The third-order valence-electron chi connectivity index (χ3n) is 1.88. The van der Waals surface area contributed by atoms with Gasteiger partial charge in [0.15, 0.2) is 0 Å². The molecule has 0 spiro atoms. The summed E-state index contributed by atoms with van der Waals surface area (Å²) in [4.78, 5) is 15.1. The van der Waals surface area contributed by atoms with E-state index in [9.17, 15) is 4.79 Å². The molecular weight excluding hydrogens is 226 g/mol. The second kappa shape index (κ2) is 7.01. The molecule has 0 saturated heterocycles. The molecule has 3 nitrogen and oxygen atoms in total. The van der Waals surface area contributed by atoms with Crippen LogP contribution in [0.15, 0.2) is 24.5 Å². The van der Waals surface area contributed by atoms with Crippen LogP contribution in [0.2, 0.25) is 5.02 Å². The highest BCUT2D eigenvalue weighted by Gasteiger charge is 1.96. The molecule has 1 heterocycles. The summed E-state index contributed by atoms with van der Waals surface area (Å²) in [6.07, 6.45) is 8.07. The maximum atomic E-state index is 11.2. The molecule has 0 unspecified atom stereocenters. The lowest BCUT2D eigenvalue weighted by atomic mass is 10.2. The van der Waals surface area contributed by atoms with Gasteiger partial charge in [0, 0.05) is 18.5 Å². The topological polar surface area (TPSA) is 39.2 Å². The Hall–Kier alpha value is -1.35. The number of pyridine rings is 1. The number of nitrogens with zero attached hydrogens (tertiary/aromatic N) is 1. The molecule has 0 N–H and O–H groups in total. The van der Waals surface area contributed by atoms with Gasteiger partial charge in [0.05, 0.1) is 11.6 Å². The normalized spacial score (nSPS) is 10.6. The van der Waals surface area contributed by atoms with Gasteiger partial charge in [0.25, 0.3) is 0 Å². The van der Waals surface area contributed by atoms with E-state index in [2.05, 4.69) is 4.98 Å². The maximum Gasteiger partial charge on any atom is 0.330 e. The van der Waals surface area contributed by atoms with Gasteiger partial charge in [0.1, 0.15) is 0 Å². The van der Waals surface area contributed by atoms with E-state index in [4.69, 9.17) is 16.3 Å². The third kappa shape index (κ3) is 4.94. The first-order valence-electron chi connectivity index (χ1n) is 5.17. The number of carbonyl (C=O) groups is 1. The Kier molecular flexibility index (Phi) is 5.57. The molecule has 1 aromatic rings. The molecule has 0 amide bonds. The molecule has 0 radical (unpaired) electrons. The zero-order valence-electron chi connectivity index (χ0n) is 9.15. The fourth-order valence-corrected chi connectivity index (χ4v) is 1.23. The van der Waals surface area contributed by atoms with Crippen molar-refractivity contribution in [3.05, 3.63) is 35.1 Å². The summed E-state index contributed by atoms with van der Waals surface area (Å²) >= 11 is 5.75. The number of rotatable bonds is 5. The second-order valence-electron chi connectivity index (χ2n) is 3.29. The van der Waals surface area contributed by atoms with Crippen LogP contribution in [-0.4, -0.2) is 17.6 Å². The van der Waals surface area contributed by atoms with Crippen LogP contribution in [0.3, 0.4) is 0 Å². The molecule has 0 aliphatic carbocycles. The molecule has 0 atom stereocenters. The Labute approximate surface area is 100 Å². The average Bonchev–Trinajstić information content (AvgIpc) is 2.27. The molecule has 16 heavy (non-hydrogen) atoms. The monoisotopic (exact) mass is 239 g/mol. The lowest BCUT2D eigenvalue weighted by Gasteiger charge is -1.99. The van der Waals surface area contributed by atoms with E-state index in [-0.39, 0.29) is 5.97 Å². The highest BCUT2D eigenvalue weighted by molar-refractivity contribution is 6.30. The van der Waals surface area contributed by atoms with Crippen molar-refractivity contribution in [3.8, 4) is 0 Å². The molecule has 0 aromatic carbocycles. The molecular formula is C12H14ClNO2. The number of aromatic nitrogens is 1. The minimum atomic E-state index is -0.339. The van der Waals surface area contributed by atoms with Crippen molar-refractivity contribution in [2.45, 2.75) is 19.8 Å². The fraction of sp³-hybridized carbons (Fsp3) is 0.333. The first kappa shape index (κ1) is 12.7. The SMILES string of the molecule is CCCCOC(=O)/C=C/c1cncc(Cl)c1. The molecule has 4 heteroatoms.